The topological polar surface area (TPSA) is 55.3 Å². The molecule has 1 aromatic heterocycles. The van der Waals surface area contributed by atoms with Gasteiger partial charge in [0.2, 0.25) is 0 Å². The number of nitrogens with zero attached hydrogens (tertiary/aromatic N) is 3. The molecule has 5 heteroatoms. The number of esters is 1. The SMILES string of the molecule is C=CCc1c(C)nc(-c2ccccc2)nc1N(C)c1ccc(C(=O)OC)cc1C. The van der Waals surface area contributed by atoms with Crippen LogP contribution in [-0.4, -0.2) is 30.1 Å². The highest BCUT2D eigenvalue weighted by Gasteiger charge is 2.18. The van der Waals surface area contributed by atoms with Gasteiger partial charge < -0.3 is 9.64 Å². The molecule has 0 amide bonds. The number of hydrogen-bond donors (Lipinski definition) is 0. The van der Waals surface area contributed by atoms with Crippen molar-refractivity contribution in [1.82, 2.24) is 9.97 Å². The Kier molecular flexibility index (Phi) is 6.07. The van der Waals surface area contributed by atoms with Crippen LogP contribution < -0.4 is 4.90 Å². The quantitative estimate of drug-likeness (QED) is 0.438. The van der Waals surface area contributed by atoms with Crippen molar-refractivity contribution in [1.29, 1.82) is 0 Å². The van der Waals surface area contributed by atoms with Crippen LogP contribution in [0.25, 0.3) is 11.4 Å². The number of aromatic nitrogens is 2. The van der Waals surface area contributed by atoms with Crippen LogP contribution >= 0.6 is 0 Å². The van der Waals surface area contributed by atoms with Crippen molar-refractivity contribution in [3.05, 3.63) is 83.6 Å². The van der Waals surface area contributed by atoms with Gasteiger partial charge in [-0.1, -0.05) is 36.4 Å². The second-order valence-corrected chi connectivity index (χ2v) is 6.85. The Balaban J connectivity index is 2.11. The highest BCUT2D eigenvalue weighted by atomic mass is 16.5. The summed E-state index contributed by atoms with van der Waals surface area (Å²) in [6.07, 6.45) is 2.53. The van der Waals surface area contributed by atoms with E-state index < -0.39 is 0 Å². The Labute approximate surface area is 171 Å². The lowest BCUT2D eigenvalue weighted by atomic mass is 10.1. The maximum atomic E-state index is 11.8. The average molecular weight is 387 g/mol. The summed E-state index contributed by atoms with van der Waals surface area (Å²) in [5.74, 6) is 1.16. The van der Waals surface area contributed by atoms with E-state index in [1.807, 2.05) is 74.3 Å². The lowest BCUT2D eigenvalue weighted by Crippen LogP contribution is -2.17. The van der Waals surface area contributed by atoms with Crippen molar-refractivity contribution in [3.63, 3.8) is 0 Å². The highest BCUT2D eigenvalue weighted by Crippen LogP contribution is 2.32. The second kappa shape index (κ2) is 8.69. The molecule has 0 aliphatic rings. The standard InChI is InChI=1S/C24H25N3O2/c1-6-10-20-17(3)25-22(18-11-8-7-9-12-18)26-23(20)27(4)21-14-13-19(15-16(21)2)24(28)29-5/h6-9,11-15H,1,10H2,2-5H3. The van der Waals surface area contributed by atoms with Gasteiger partial charge in [0.1, 0.15) is 5.82 Å². The van der Waals surface area contributed by atoms with E-state index in [4.69, 9.17) is 14.7 Å². The molecule has 0 fully saturated rings. The van der Waals surface area contributed by atoms with E-state index >= 15 is 0 Å². The third-order valence-electron chi connectivity index (χ3n) is 4.87. The first-order valence-corrected chi connectivity index (χ1v) is 9.42. The predicted molar refractivity (Wildman–Crippen MR) is 117 cm³/mol. The predicted octanol–water partition coefficient (Wildman–Crippen LogP) is 5.04. The Morgan fingerprint density at radius 1 is 1.14 bits per heavy atom. The van der Waals surface area contributed by atoms with Crippen LogP contribution in [0, 0.1) is 13.8 Å². The van der Waals surface area contributed by atoms with Gasteiger partial charge in [0.25, 0.3) is 0 Å². The van der Waals surface area contributed by atoms with Crippen molar-refractivity contribution in [3.8, 4) is 11.4 Å². The molecule has 0 saturated heterocycles. The molecule has 0 radical (unpaired) electrons. The molecule has 3 aromatic rings. The number of hydrogen-bond acceptors (Lipinski definition) is 5. The monoisotopic (exact) mass is 387 g/mol. The summed E-state index contributed by atoms with van der Waals surface area (Å²) < 4.78 is 4.82. The number of carbonyl (C=O) groups is 1. The zero-order valence-electron chi connectivity index (χ0n) is 17.3. The number of ether oxygens (including phenoxy) is 1. The molecule has 2 aromatic carbocycles. The summed E-state index contributed by atoms with van der Waals surface area (Å²) in [4.78, 5) is 23.5. The molecule has 0 N–H and O–H groups in total. The fourth-order valence-corrected chi connectivity index (χ4v) is 3.35. The second-order valence-electron chi connectivity index (χ2n) is 6.85. The van der Waals surface area contributed by atoms with E-state index in [2.05, 4.69) is 6.58 Å². The summed E-state index contributed by atoms with van der Waals surface area (Å²) in [5, 5.41) is 0. The van der Waals surface area contributed by atoms with Crippen LogP contribution in [0.5, 0.6) is 0 Å². The molecule has 0 spiro atoms. The van der Waals surface area contributed by atoms with Gasteiger partial charge >= 0.3 is 5.97 Å². The molecule has 0 unspecified atom stereocenters. The van der Waals surface area contributed by atoms with Crippen molar-refractivity contribution < 1.29 is 9.53 Å². The Morgan fingerprint density at radius 2 is 1.86 bits per heavy atom. The van der Waals surface area contributed by atoms with Crippen molar-refractivity contribution in [2.75, 3.05) is 19.1 Å². The van der Waals surface area contributed by atoms with Crippen molar-refractivity contribution >= 4 is 17.5 Å². The number of carbonyl (C=O) groups excluding carboxylic acids is 1. The van der Waals surface area contributed by atoms with Crippen LogP contribution in [0.1, 0.15) is 27.2 Å². The summed E-state index contributed by atoms with van der Waals surface area (Å²) in [5.41, 5.74) is 5.35. The van der Waals surface area contributed by atoms with Gasteiger partial charge in [-0.2, -0.15) is 0 Å². The van der Waals surface area contributed by atoms with E-state index in [1.165, 1.54) is 7.11 Å². The lowest BCUT2D eigenvalue weighted by Gasteiger charge is -2.24. The van der Waals surface area contributed by atoms with Crippen LogP contribution in [-0.2, 0) is 11.2 Å². The number of methoxy groups -OCH3 is 1. The Morgan fingerprint density at radius 3 is 2.48 bits per heavy atom. The molecule has 0 atom stereocenters. The first-order chi connectivity index (χ1) is 14.0. The molecular formula is C24H25N3O2. The van der Waals surface area contributed by atoms with Gasteiger partial charge in [0, 0.05) is 29.6 Å². The number of rotatable bonds is 6. The van der Waals surface area contributed by atoms with Crippen LogP contribution in [0.15, 0.2) is 61.2 Å². The van der Waals surface area contributed by atoms with E-state index in [1.54, 1.807) is 6.07 Å². The molecule has 0 bridgehead atoms. The fourth-order valence-electron chi connectivity index (χ4n) is 3.35. The minimum absolute atomic E-state index is 0.348. The van der Waals surface area contributed by atoms with Crippen molar-refractivity contribution in [2.24, 2.45) is 0 Å². The molecule has 29 heavy (non-hydrogen) atoms. The van der Waals surface area contributed by atoms with Crippen LogP contribution in [0.3, 0.4) is 0 Å². The molecule has 148 valence electrons. The minimum atomic E-state index is -0.348. The van der Waals surface area contributed by atoms with E-state index in [0.29, 0.717) is 17.8 Å². The van der Waals surface area contributed by atoms with E-state index in [0.717, 1.165) is 33.9 Å². The van der Waals surface area contributed by atoms with Gasteiger partial charge in [-0.3, -0.25) is 0 Å². The Bertz CT molecular complexity index is 1050. The molecular weight excluding hydrogens is 362 g/mol. The van der Waals surface area contributed by atoms with Gasteiger partial charge in [0.05, 0.1) is 12.7 Å². The smallest absolute Gasteiger partial charge is 0.337 e. The number of anilines is 2. The first-order valence-electron chi connectivity index (χ1n) is 9.42. The van der Waals surface area contributed by atoms with E-state index in [9.17, 15) is 4.79 Å². The third-order valence-corrected chi connectivity index (χ3v) is 4.87. The molecule has 0 aliphatic heterocycles. The third kappa shape index (κ3) is 4.19. The minimum Gasteiger partial charge on any atom is -0.465 e. The molecule has 1 heterocycles. The molecule has 5 nitrogen and oxygen atoms in total. The maximum absolute atomic E-state index is 11.8. The van der Waals surface area contributed by atoms with Gasteiger partial charge in [-0.15, -0.1) is 6.58 Å². The summed E-state index contributed by atoms with van der Waals surface area (Å²) in [7, 11) is 3.36. The molecule has 0 aliphatic carbocycles. The average Bonchev–Trinajstić information content (AvgIpc) is 2.74. The zero-order valence-corrected chi connectivity index (χ0v) is 17.3. The van der Waals surface area contributed by atoms with Gasteiger partial charge in [-0.25, -0.2) is 14.8 Å². The summed E-state index contributed by atoms with van der Waals surface area (Å²) >= 11 is 0. The normalized spacial score (nSPS) is 10.5. The molecule has 0 saturated carbocycles. The van der Waals surface area contributed by atoms with Crippen LogP contribution in [0.4, 0.5) is 11.5 Å². The first kappa shape index (κ1) is 20.3. The lowest BCUT2D eigenvalue weighted by molar-refractivity contribution is 0.0600. The summed E-state index contributed by atoms with van der Waals surface area (Å²) in [6, 6.07) is 15.4. The largest absolute Gasteiger partial charge is 0.465 e. The van der Waals surface area contributed by atoms with E-state index in [-0.39, 0.29) is 5.97 Å². The Hall–Kier alpha value is -3.47. The van der Waals surface area contributed by atoms with Gasteiger partial charge in [0.15, 0.2) is 5.82 Å². The van der Waals surface area contributed by atoms with Gasteiger partial charge in [-0.05, 0) is 44.0 Å². The number of allylic oxidation sites excluding steroid dienone is 1. The zero-order chi connectivity index (χ0) is 21.0. The maximum Gasteiger partial charge on any atom is 0.337 e. The fraction of sp³-hybridized carbons (Fsp3) is 0.208. The highest BCUT2D eigenvalue weighted by molar-refractivity contribution is 5.90. The molecule has 3 rings (SSSR count). The number of aryl methyl sites for hydroxylation is 2. The van der Waals surface area contributed by atoms with Crippen molar-refractivity contribution in [2.45, 2.75) is 20.3 Å². The number of benzene rings is 2. The summed E-state index contributed by atoms with van der Waals surface area (Å²) in [6.45, 7) is 7.85. The van der Waals surface area contributed by atoms with Crippen LogP contribution in [0.2, 0.25) is 0 Å².